The Balaban J connectivity index is 1.31. The lowest BCUT2D eigenvalue weighted by Crippen LogP contribution is -2.02. The van der Waals surface area contributed by atoms with E-state index in [1.165, 1.54) is 48.1 Å². The Morgan fingerprint density at radius 3 is 1.90 bits per heavy atom. The molecule has 7 aromatic carbocycles. The van der Waals surface area contributed by atoms with Crippen molar-refractivity contribution in [3.8, 4) is 22.9 Å². The number of hydrogen-bond donors (Lipinski definition) is 0. The Kier molecular flexibility index (Phi) is 5.51. The number of para-hydroxylation sites is 3. The summed E-state index contributed by atoms with van der Waals surface area (Å²) in [6.07, 6.45) is 0. The molecule has 0 fully saturated rings. The Hall–Kier alpha value is -6.30. The van der Waals surface area contributed by atoms with Gasteiger partial charge in [0.05, 0.1) is 38.0 Å². The van der Waals surface area contributed by atoms with Crippen LogP contribution in [0.1, 0.15) is 0 Å². The fourth-order valence-electron chi connectivity index (χ4n) is 7.82. The number of rotatable bonds is 3. The van der Waals surface area contributed by atoms with Crippen LogP contribution in [-0.2, 0) is 0 Å². The van der Waals surface area contributed by atoms with E-state index in [1.54, 1.807) is 11.3 Å². The molecule has 5 heteroatoms. The van der Waals surface area contributed by atoms with Gasteiger partial charge in [-0.1, -0.05) is 127 Å². The van der Waals surface area contributed by atoms with Crippen molar-refractivity contribution in [1.29, 1.82) is 0 Å². The van der Waals surface area contributed by atoms with Gasteiger partial charge in [0.1, 0.15) is 0 Å². The zero-order chi connectivity index (χ0) is 32.1. The van der Waals surface area contributed by atoms with Crippen molar-refractivity contribution in [3.05, 3.63) is 158 Å². The number of aromatic nitrogens is 4. The third-order valence-corrected chi connectivity index (χ3v) is 11.2. The van der Waals surface area contributed by atoms with Crippen LogP contribution in [0.4, 0.5) is 0 Å². The molecule has 49 heavy (non-hydrogen) atoms. The van der Waals surface area contributed by atoms with Crippen molar-refractivity contribution in [2.24, 2.45) is 0 Å². The van der Waals surface area contributed by atoms with Crippen LogP contribution in [0.3, 0.4) is 0 Å². The molecule has 11 rings (SSSR count). The molecule has 0 bridgehead atoms. The van der Waals surface area contributed by atoms with Crippen LogP contribution in [0, 0.1) is 0 Å². The van der Waals surface area contributed by atoms with Crippen LogP contribution in [-0.4, -0.2) is 19.1 Å². The summed E-state index contributed by atoms with van der Waals surface area (Å²) in [5.41, 5.74) is 8.70. The first-order valence-electron chi connectivity index (χ1n) is 16.5. The molecule has 0 atom stereocenters. The van der Waals surface area contributed by atoms with E-state index in [0.717, 1.165) is 43.6 Å². The molecule has 0 aliphatic heterocycles. The van der Waals surface area contributed by atoms with Gasteiger partial charge in [-0.05, 0) is 41.1 Å². The average molecular weight is 643 g/mol. The van der Waals surface area contributed by atoms with E-state index in [1.807, 2.05) is 0 Å². The van der Waals surface area contributed by atoms with E-state index in [4.69, 9.17) is 9.97 Å². The standard InChI is InChI=1S/C44H26N4S/c1-3-14-28(15-4-1)39-43-40(34-24-23-27-13-7-8-18-30(27)42(34)49-43)46-44(45-39)48-36-22-12-10-20-33(36)38-37(48)26-25-32-31-19-9-11-21-35(31)47(41(32)38)29-16-5-2-6-17-29/h1-26H. The highest BCUT2D eigenvalue weighted by atomic mass is 32.1. The molecule has 4 aromatic heterocycles. The normalized spacial score (nSPS) is 12.1. The first kappa shape index (κ1) is 26.7. The van der Waals surface area contributed by atoms with E-state index in [0.29, 0.717) is 5.95 Å². The molecule has 228 valence electrons. The molecule has 0 saturated carbocycles. The van der Waals surface area contributed by atoms with Crippen molar-refractivity contribution in [1.82, 2.24) is 19.1 Å². The molecule has 11 aromatic rings. The van der Waals surface area contributed by atoms with Crippen LogP contribution in [0.5, 0.6) is 0 Å². The SMILES string of the molecule is c1ccc(-c2nc(-n3c4ccccc4c4c3ccc3c5ccccc5n(-c5ccccc5)c34)nc3c2sc2c4ccccc4ccc32)cc1. The van der Waals surface area contributed by atoms with Crippen LogP contribution < -0.4 is 0 Å². The zero-order valence-corrected chi connectivity index (χ0v) is 27.0. The smallest absolute Gasteiger partial charge is 0.235 e. The molecule has 0 spiro atoms. The minimum atomic E-state index is 0.673. The molecule has 0 aliphatic carbocycles. The summed E-state index contributed by atoms with van der Waals surface area (Å²) >= 11 is 1.79. The zero-order valence-electron chi connectivity index (χ0n) is 26.2. The maximum atomic E-state index is 5.46. The summed E-state index contributed by atoms with van der Waals surface area (Å²) in [5.74, 6) is 0.673. The molecule has 4 nitrogen and oxygen atoms in total. The summed E-state index contributed by atoms with van der Waals surface area (Å²) in [6, 6.07) is 56.2. The second kappa shape index (κ2) is 10.1. The van der Waals surface area contributed by atoms with Crippen molar-refractivity contribution in [2.75, 3.05) is 0 Å². The quantitative estimate of drug-likeness (QED) is 0.192. The maximum Gasteiger partial charge on any atom is 0.235 e. The second-order valence-corrected chi connectivity index (χ2v) is 13.6. The Morgan fingerprint density at radius 2 is 1.08 bits per heavy atom. The number of fused-ring (bicyclic) bond motifs is 12. The van der Waals surface area contributed by atoms with Gasteiger partial charge in [0, 0.05) is 42.9 Å². The van der Waals surface area contributed by atoms with E-state index >= 15 is 0 Å². The van der Waals surface area contributed by atoms with Crippen molar-refractivity contribution in [3.63, 3.8) is 0 Å². The summed E-state index contributed by atoms with van der Waals surface area (Å²) in [7, 11) is 0. The lowest BCUT2D eigenvalue weighted by atomic mass is 10.1. The topological polar surface area (TPSA) is 35.6 Å². The summed E-state index contributed by atoms with van der Waals surface area (Å²) in [6.45, 7) is 0. The van der Waals surface area contributed by atoms with Crippen LogP contribution in [0.2, 0.25) is 0 Å². The molecule has 0 radical (unpaired) electrons. The first-order chi connectivity index (χ1) is 24.3. The lowest BCUT2D eigenvalue weighted by molar-refractivity contribution is 1.02. The maximum absolute atomic E-state index is 5.46. The minimum absolute atomic E-state index is 0.673. The number of hydrogen-bond acceptors (Lipinski definition) is 3. The third-order valence-electron chi connectivity index (χ3n) is 9.92. The molecule has 4 heterocycles. The predicted molar refractivity (Wildman–Crippen MR) is 207 cm³/mol. The van der Waals surface area contributed by atoms with Gasteiger partial charge >= 0.3 is 0 Å². The summed E-state index contributed by atoms with van der Waals surface area (Å²) in [5, 5.41) is 8.47. The number of thiophene rings is 1. The largest absolute Gasteiger partial charge is 0.309 e. The Morgan fingerprint density at radius 1 is 0.429 bits per heavy atom. The van der Waals surface area contributed by atoms with E-state index in [9.17, 15) is 0 Å². The van der Waals surface area contributed by atoms with Gasteiger partial charge < -0.3 is 4.57 Å². The van der Waals surface area contributed by atoms with Crippen LogP contribution >= 0.6 is 11.3 Å². The Bertz CT molecular complexity index is 3100. The van der Waals surface area contributed by atoms with Gasteiger partial charge in [0.15, 0.2) is 0 Å². The molecule has 0 unspecified atom stereocenters. The van der Waals surface area contributed by atoms with E-state index in [-0.39, 0.29) is 0 Å². The van der Waals surface area contributed by atoms with Gasteiger partial charge in [0.2, 0.25) is 5.95 Å². The molecular formula is C44H26N4S. The summed E-state index contributed by atoms with van der Waals surface area (Å²) < 4.78 is 7.04. The molecule has 0 aliphatic rings. The number of nitrogens with zero attached hydrogens (tertiary/aromatic N) is 4. The minimum Gasteiger partial charge on any atom is -0.309 e. The van der Waals surface area contributed by atoms with Gasteiger partial charge in [-0.15, -0.1) is 11.3 Å². The van der Waals surface area contributed by atoms with Crippen molar-refractivity contribution in [2.45, 2.75) is 0 Å². The predicted octanol–water partition coefficient (Wildman–Crippen LogP) is 11.9. The van der Waals surface area contributed by atoms with Crippen molar-refractivity contribution < 1.29 is 0 Å². The van der Waals surface area contributed by atoms with Crippen molar-refractivity contribution >= 4 is 86.0 Å². The molecular weight excluding hydrogens is 617 g/mol. The van der Waals surface area contributed by atoms with Gasteiger partial charge in [0.25, 0.3) is 0 Å². The fraction of sp³-hybridized carbons (Fsp3) is 0. The summed E-state index contributed by atoms with van der Waals surface area (Å²) in [4.78, 5) is 10.9. The van der Waals surface area contributed by atoms with Gasteiger partial charge in [-0.2, -0.15) is 0 Å². The van der Waals surface area contributed by atoms with E-state index in [2.05, 4.69) is 167 Å². The Labute approximate surface area is 284 Å². The fourth-order valence-corrected chi connectivity index (χ4v) is 9.11. The van der Waals surface area contributed by atoms with Crippen LogP contribution in [0.15, 0.2) is 158 Å². The monoisotopic (exact) mass is 642 g/mol. The van der Waals surface area contributed by atoms with Gasteiger partial charge in [-0.3, -0.25) is 4.57 Å². The van der Waals surface area contributed by atoms with Crippen LogP contribution in [0.25, 0.3) is 97.6 Å². The lowest BCUT2D eigenvalue weighted by Gasteiger charge is -2.11. The number of benzene rings is 7. The molecule has 0 N–H and O–H groups in total. The second-order valence-electron chi connectivity index (χ2n) is 12.6. The van der Waals surface area contributed by atoms with E-state index < -0.39 is 0 Å². The highest BCUT2D eigenvalue weighted by Crippen LogP contribution is 2.44. The first-order valence-corrected chi connectivity index (χ1v) is 17.3. The van der Waals surface area contributed by atoms with Gasteiger partial charge in [-0.25, -0.2) is 9.97 Å². The average Bonchev–Trinajstić information content (AvgIpc) is 3.83. The third kappa shape index (κ3) is 3.73. The highest BCUT2D eigenvalue weighted by Gasteiger charge is 2.23. The molecule has 0 amide bonds. The molecule has 0 saturated heterocycles. The highest BCUT2D eigenvalue weighted by molar-refractivity contribution is 7.27.